The maximum Gasteiger partial charge on any atom is 0.416 e. The van der Waals surface area contributed by atoms with Crippen LogP contribution >= 0.6 is 0 Å². The summed E-state index contributed by atoms with van der Waals surface area (Å²) in [5.74, 6) is -1.59. The second-order valence-corrected chi connectivity index (χ2v) is 4.83. The van der Waals surface area contributed by atoms with E-state index in [0.717, 1.165) is 12.1 Å². The molecule has 0 N–H and O–H groups in total. The van der Waals surface area contributed by atoms with Gasteiger partial charge in [0.1, 0.15) is 0 Å². The number of halogens is 3. The van der Waals surface area contributed by atoms with E-state index in [2.05, 4.69) is 4.74 Å². The van der Waals surface area contributed by atoms with Gasteiger partial charge in [-0.25, -0.2) is 9.59 Å². The summed E-state index contributed by atoms with van der Waals surface area (Å²) >= 11 is 0. The van der Waals surface area contributed by atoms with Crippen molar-refractivity contribution in [3.05, 3.63) is 59.2 Å². The van der Waals surface area contributed by atoms with E-state index in [0.29, 0.717) is 6.07 Å². The number of carbonyl (C=O) groups is 2. The lowest BCUT2D eigenvalue weighted by molar-refractivity contribution is -0.137. The van der Waals surface area contributed by atoms with Crippen LogP contribution in [0.2, 0.25) is 0 Å². The molecule has 0 aliphatic rings. The Kier molecular flexibility index (Phi) is 5.31. The summed E-state index contributed by atoms with van der Waals surface area (Å²) in [5, 5.41) is 0. The number of ether oxygens (including phenoxy) is 3. The molecule has 0 fully saturated rings. The molecule has 0 heterocycles. The highest BCUT2D eigenvalue weighted by molar-refractivity contribution is 5.93. The third-order valence-corrected chi connectivity index (χ3v) is 3.21. The van der Waals surface area contributed by atoms with E-state index in [9.17, 15) is 22.8 Å². The number of benzene rings is 2. The van der Waals surface area contributed by atoms with Crippen molar-refractivity contribution < 1.29 is 37.0 Å². The van der Waals surface area contributed by atoms with Gasteiger partial charge in [-0.15, -0.1) is 0 Å². The molecule has 0 radical (unpaired) electrons. The Morgan fingerprint density at radius 2 is 1.56 bits per heavy atom. The van der Waals surface area contributed by atoms with Crippen LogP contribution < -0.4 is 9.47 Å². The van der Waals surface area contributed by atoms with E-state index in [4.69, 9.17) is 9.47 Å². The molecule has 0 atom stereocenters. The first-order valence-corrected chi connectivity index (χ1v) is 6.92. The molecule has 8 heteroatoms. The summed E-state index contributed by atoms with van der Waals surface area (Å²) < 4.78 is 52.8. The normalized spacial score (nSPS) is 10.9. The minimum Gasteiger partial charge on any atom is -0.493 e. The summed E-state index contributed by atoms with van der Waals surface area (Å²) in [6.07, 6.45) is -4.57. The number of hydrogen-bond donors (Lipinski definition) is 0. The Morgan fingerprint density at radius 1 is 0.880 bits per heavy atom. The van der Waals surface area contributed by atoms with Crippen molar-refractivity contribution in [3.8, 4) is 11.5 Å². The van der Waals surface area contributed by atoms with Crippen molar-refractivity contribution in [1.82, 2.24) is 0 Å². The van der Waals surface area contributed by atoms with Crippen LogP contribution in [-0.4, -0.2) is 26.2 Å². The van der Waals surface area contributed by atoms with Crippen molar-refractivity contribution in [2.24, 2.45) is 0 Å². The second kappa shape index (κ2) is 7.25. The SMILES string of the molecule is COC(=O)c1ccc(OC(=O)c2cccc(C(F)(F)F)c2)c(OC)c1. The van der Waals surface area contributed by atoms with Gasteiger partial charge < -0.3 is 14.2 Å². The number of methoxy groups -OCH3 is 2. The number of alkyl halides is 3. The van der Waals surface area contributed by atoms with Gasteiger partial charge in [-0.2, -0.15) is 13.2 Å². The third kappa shape index (κ3) is 4.28. The quantitative estimate of drug-likeness (QED) is 0.619. The van der Waals surface area contributed by atoms with Crippen molar-refractivity contribution in [1.29, 1.82) is 0 Å². The number of hydrogen-bond acceptors (Lipinski definition) is 5. The fourth-order valence-electron chi connectivity index (χ4n) is 1.98. The molecule has 0 spiro atoms. The molecule has 0 aliphatic carbocycles. The standard InChI is InChI=1S/C17H13F3O5/c1-23-14-9-11(15(21)24-2)6-7-13(14)25-16(22)10-4-3-5-12(8-10)17(18,19)20/h3-9H,1-2H3. The zero-order valence-corrected chi connectivity index (χ0v) is 13.2. The van der Waals surface area contributed by atoms with Crippen molar-refractivity contribution >= 4 is 11.9 Å². The number of rotatable bonds is 4. The van der Waals surface area contributed by atoms with E-state index in [1.54, 1.807) is 0 Å². The molecule has 2 aromatic carbocycles. The zero-order valence-electron chi connectivity index (χ0n) is 13.2. The topological polar surface area (TPSA) is 61.8 Å². The maximum atomic E-state index is 12.7. The molecule has 2 aromatic rings. The Bertz CT molecular complexity index is 799. The van der Waals surface area contributed by atoms with Crippen LogP contribution in [0.3, 0.4) is 0 Å². The van der Waals surface area contributed by atoms with Crippen LogP contribution in [0.1, 0.15) is 26.3 Å². The fraction of sp³-hybridized carbons (Fsp3) is 0.176. The summed E-state index contributed by atoms with van der Waals surface area (Å²) in [4.78, 5) is 23.6. The van der Waals surface area contributed by atoms with Gasteiger partial charge in [0, 0.05) is 0 Å². The fourth-order valence-corrected chi connectivity index (χ4v) is 1.98. The number of carbonyl (C=O) groups excluding carboxylic acids is 2. The van der Waals surface area contributed by atoms with Crippen LogP contribution in [0.25, 0.3) is 0 Å². The third-order valence-electron chi connectivity index (χ3n) is 3.21. The largest absolute Gasteiger partial charge is 0.493 e. The van der Waals surface area contributed by atoms with Crippen LogP contribution in [0.4, 0.5) is 13.2 Å². The molecule has 0 amide bonds. The lowest BCUT2D eigenvalue weighted by atomic mass is 10.1. The first-order chi connectivity index (χ1) is 11.8. The molecular weight excluding hydrogens is 341 g/mol. The van der Waals surface area contributed by atoms with Gasteiger partial charge in [0.25, 0.3) is 0 Å². The van der Waals surface area contributed by atoms with Gasteiger partial charge in [0.05, 0.1) is 30.9 Å². The molecule has 0 bridgehead atoms. The minimum absolute atomic E-state index is 0.0439. The van der Waals surface area contributed by atoms with Crippen LogP contribution in [0.5, 0.6) is 11.5 Å². The molecule has 132 valence electrons. The van der Waals surface area contributed by atoms with E-state index in [1.807, 2.05) is 0 Å². The lowest BCUT2D eigenvalue weighted by Crippen LogP contribution is -2.12. The van der Waals surface area contributed by atoms with Gasteiger partial charge in [-0.05, 0) is 36.4 Å². The van der Waals surface area contributed by atoms with Gasteiger partial charge >= 0.3 is 18.1 Å². The average molecular weight is 354 g/mol. The summed E-state index contributed by atoms with van der Waals surface area (Å²) in [5.41, 5.74) is -1.07. The van der Waals surface area contributed by atoms with Crippen LogP contribution in [0, 0.1) is 0 Å². The highest BCUT2D eigenvalue weighted by Crippen LogP contribution is 2.31. The minimum atomic E-state index is -4.57. The Hall–Kier alpha value is -3.03. The van der Waals surface area contributed by atoms with Crippen LogP contribution in [-0.2, 0) is 10.9 Å². The van der Waals surface area contributed by atoms with Crippen molar-refractivity contribution in [3.63, 3.8) is 0 Å². The molecule has 0 unspecified atom stereocenters. The van der Waals surface area contributed by atoms with E-state index in [1.165, 1.54) is 38.5 Å². The van der Waals surface area contributed by atoms with Gasteiger partial charge in [-0.1, -0.05) is 6.07 Å². The Labute approximate surface area is 140 Å². The predicted molar refractivity (Wildman–Crippen MR) is 80.7 cm³/mol. The van der Waals surface area contributed by atoms with Crippen molar-refractivity contribution in [2.45, 2.75) is 6.18 Å². The first kappa shape index (κ1) is 18.3. The van der Waals surface area contributed by atoms with Crippen molar-refractivity contribution in [2.75, 3.05) is 14.2 Å². The molecule has 0 aliphatic heterocycles. The molecule has 0 saturated heterocycles. The average Bonchev–Trinajstić information content (AvgIpc) is 2.60. The van der Waals surface area contributed by atoms with Gasteiger partial charge in [0.2, 0.25) is 0 Å². The highest BCUT2D eigenvalue weighted by Gasteiger charge is 2.31. The monoisotopic (exact) mass is 354 g/mol. The van der Waals surface area contributed by atoms with Gasteiger partial charge in [-0.3, -0.25) is 0 Å². The number of esters is 2. The summed E-state index contributed by atoms with van der Waals surface area (Å²) in [6.45, 7) is 0. The van der Waals surface area contributed by atoms with Crippen LogP contribution in [0.15, 0.2) is 42.5 Å². The second-order valence-electron chi connectivity index (χ2n) is 4.83. The molecule has 0 saturated carbocycles. The maximum absolute atomic E-state index is 12.7. The smallest absolute Gasteiger partial charge is 0.416 e. The van der Waals surface area contributed by atoms with Gasteiger partial charge in [0.15, 0.2) is 11.5 Å². The van der Waals surface area contributed by atoms with E-state index >= 15 is 0 Å². The summed E-state index contributed by atoms with van der Waals surface area (Å²) in [7, 11) is 2.49. The highest BCUT2D eigenvalue weighted by atomic mass is 19.4. The zero-order chi connectivity index (χ0) is 18.6. The molecule has 5 nitrogen and oxygen atoms in total. The molecule has 2 rings (SSSR count). The molecule has 0 aromatic heterocycles. The van der Waals surface area contributed by atoms with E-state index < -0.39 is 23.7 Å². The summed E-state index contributed by atoms with van der Waals surface area (Å²) in [6, 6.07) is 7.77. The lowest BCUT2D eigenvalue weighted by Gasteiger charge is -2.11. The molecule has 25 heavy (non-hydrogen) atoms. The Morgan fingerprint density at radius 3 is 2.16 bits per heavy atom. The predicted octanol–water partition coefficient (Wildman–Crippen LogP) is 3.72. The molecular formula is C17H13F3O5. The first-order valence-electron chi connectivity index (χ1n) is 6.92. The Balaban J connectivity index is 2.27. The van der Waals surface area contributed by atoms with E-state index in [-0.39, 0.29) is 22.6 Å².